The van der Waals surface area contributed by atoms with Gasteiger partial charge >= 0.3 is 0 Å². The SMILES string of the molecule is COc1cccc(Nc2oc(-c3ccccc3F)nc2S(=O)(=O)c2ccc(C)cc2)c1. The van der Waals surface area contributed by atoms with Crippen LogP contribution < -0.4 is 10.1 Å². The zero-order chi connectivity index (χ0) is 22.0. The van der Waals surface area contributed by atoms with E-state index in [1.165, 1.54) is 37.4 Å². The highest BCUT2D eigenvalue weighted by Crippen LogP contribution is 2.35. The number of benzene rings is 3. The van der Waals surface area contributed by atoms with Crippen molar-refractivity contribution in [1.29, 1.82) is 0 Å². The second-order valence-electron chi connectivity index (χ2n) is 6.81. The summed E-state index contributed by atoms with van der Waals surface area (Å²) >= 11 is 0. The number of aromatic nitrogens is 1. The molecule has 0 bridgehead atoms. The summed E-state index contributed by atoms with van der Waals surface area (Å²) in [6.45, 7) is 1.86. The minimum atomic E-state index is -4.04. The second-order valence-corrected chi connectivity index (χ2v) is 8.67. The average Bonchev–Trinajstić information content (AvgIpc) is 3.19. The third-order valence-corrected chi connectivity index (χ3v) is 6.29. The maximum absolute atomic E-state index is 14.3. The summed E-state index contributed by atoms with van der Waals surface area (Å²) in [5.41, 5.74) is 1.50. The number of anilines is 2. The third-order valence-electron chi connectivity index (χ3n) is 4.61. The minimum Gasteiger partial charge on any atom is -0.497 e. The molecule has 1 N–H and O–H groups in total. The lowest BCUT2D eigenvalue weighted by atomic mass is 10.2. The van der Waals surface area contributed by atoms with Crippen LogP contribution in [0.15, 0.2) is 87.1 Å². The molecule has 4 aromatic rings. The fourth-order valence-corrected chi connectivity index (χ4v) is 4.24. The monoisotopic (exact) mass is 438 g/mol. The number of ether oxygens (including phenoxy) is 1. The van der Waals surface area contributed by atoms with E-state index >= 15 is 0 Å². The van der Waals surface area contributed by atoms with E-state index in [-0.39, 0.29) is 27.3 Å². The largest absolute Gasteiger partial charge is 0.497 e. The number of hydrogen-bond donors (Lipinski definition) is 1. The van der Waals surface area contributed by atoms with Gasteiger partial charge in [0, 0.05) is 11.8 Å². The molecule has 1 aromatic heterocycles. The third kappa shape index (κ3) is 4.15. The number of methoxy groups -OCH3 is 1. The molecule has 0 fully saturated rings. The van der Waals surface area contributed by atoms with Gasteiger partial charge in [0.1, 0.15) is 11.6 Å². The number of aryl methyl sites for hydroxylation is 1. The van der Waals surface area contributed by atoms with Crippen LogP contribution in [0.1, 0.15) is 5.56 Å². The van der Waals surface area contributed by atoms with Gasteiger partial charge in [0.25, 0.3) is 0 Å². The molecule has 31 heavy (non-hydrogen) atoms. The van der Waals surface area contributed by atoms with Gasteiger partial charge in [0.2, 0.25) is 26.6 Å². The van der Waals surface area contributed by atoms with Gasteiger partial charge in [-0.1, -0.05) is 35.9 Å². The smallest absolute Gasteiger partial charge is 0.238 e. The van der Waals surface area contributed by atoms with Gasteiger partial charge in [-0.2, -0.15) is 4.98 Å². The first-order valence-electron chi connectivity index (χ1n) is 9.37. The standard InChI is InChI=1S/C23H19FN2O4S/c1-15-10-12-18(13-11-15)31(27,28)23-22(25-16-6-5-7-17(14-16)29-2)30-21(26-23)19-8-3-4-9-20(19)24/h3-14,25H,1-2H3. The van der Waals surface area contributed by atoms with Crippen LogP contribution in [-0.2, 0) is 9.84 Å². The Hall–Kier alpha value is -3.65. The van der Waals surface area contributed by atoms with Gasteiger partial charge in [-0.25, -0.2) is 12.8 Å². The Balaban J connectivity index is 1.86. The molecular weight excluding hydrogens is 419 g/mol. The Labute approximate surface area is 179 Å². The minimum absolute atomic E-state index is 0.0557. The van der Waals surface area contributed by atoms with Crippen molar-refractivity contribution >= 4 is 21.4 Å². The van der Waals surface area contributed by atoms with Crippen molar-refractivity contribution in [2.45, 2.75) is 16.8 Å². The first-order chi connectivity index (χ1) is 14.9. The van der Waals surface area contributed by atoms with Crippen molar-refractivity contribution < 1.29 is 22.0 Å². The molecule has 0 spiro atoms. The molecule has 0 unspecified atom stereocenters. The Morgan fingerprint density at radius 2 is 1.74 bits per heavy atom. The molecule has 6 nitrogen and oxygen atoms in total. The van der Waals surface area contributed by atoms with Gasteiger partial charge in [0.05, 0.1) is 17.6 Å². The van der Waals surface area contributed by atoms with Crippen LogP contribution in [0.5, 0.6) is 5.75 Å². The molecule has 158 valence electrons. The first kappa shape index (κ1) is 20.6. The molecule has 0 saturated carbocycles. The fourth-order valence-electron chi connectivity index (χ4n) is 2.98. The number of oxazole rings is 1. The van der Waals surface area contributed by atoms with Crippen LogP contribution in [0.25, 0.3) is 11.5 Å². The molecule has 0 atom stereocenters. The highest BCUT2D eigenvalue weighted by molar-refractivity contribution is 7.91. The predicted octanol–water partition coefficient (Wildman–Crippen LogP) is 5.37. The number of nitrogens with one attached hydrogen (secondary N) is 1. The molecule has 1 heterocycles. The number of nitrogens with zero attached hydrogens (tertiary/aromatic N) is 1. The summed E-state index contributed by atoms with van der Waals surface area (Å²) in [7, 11) is -2.52. The Bertz CT molecular complexity index is 1330. The van der Waals surface area contributed by atoms with Crippen LogP contribution in [0.2, 0.25) is 0 Å². The van der Waals surface area contributed by atoms with Crippen molar-refractivity contribution in [3.05, 3.63) is 84.2 Å². The molecule has 0 amide bonds. The topological polar surface area (TPSA) is 81.4 Å². The Kier molecular flexibility index (Phi) is 5.48. The van der Waals surface area contributed by atoms with Crippen LogP contribution in [0, 0.1) is 12.7 Å². The summed E-state index contributed by atoms with van der Waals surface area (Å²) in [6, 6.07) is 19.1. The summed E-state index contributed by atoms with van der Waals surface area (Å²) < 4.78 is 51.9. The molecule has 0 aliphatic carbocycles. The number of hydrogen-bond acceptors (Lipinski definition) is 6. The number of rotatable bonds is 6. The highest BCUT2D eigenvalue weighted by Gasteiger charge is 2.29. The van der Waals surface area contributed by atoms with E-state index in [4.69, 9.17) is 9.15 Å². The van der Waals surface area contributed by atoms with E-state index < -0.39 is 15.7 Å². The summed E-state index contributed by atoms with van der Waals surface area (Å²) in [6.07, 6.45) is 0. The molecule has 8 heteroatoms. The highest BCUT2D eigenvalue weighted by atomic mass is 32.2. The molecule has 0 aliphatic heterocycles. The molecule has 0 aliphatic rings. The van der Waals surface area contributed by atoms with E-state index in [0.29, 0.717) is 11.4 Å². The Morgan fingerprint density at radius 1 is 1.00 bits per heavy atom. The maximum Gasteiger partial charge on any atom is 0.238 e. The molecular formula is C23H19FN2O4S. The molecule has 4 rings (SSSR count). The van der Waals surface area contributed by atoms with Gasteiger partial charge in [-0.05, 0) is 43.3 Å². The number of halogens is 1. The quantitative estimate of drug-likeness (QED) is 0.436. The fraction of sp³-hybridized carbons (Fsp3) is 0.0870. The zero-order valence-electron chi connectivity index (χ0n) is 16.8. The normalized spacial score (nSPS) is 11.3. The lowest BCUT2D eigenvalue weighted by Gasteiger charge is -2.08. The van der Waals surface area contributed by atoms with E-state index in [1.807, 2.05) is 6.92 Å². The van der Waals surface area contributed by atoms with E-state index in [0.717, 1.165) is 5.56 Å². The van der Waals surface area contributed by atoms with Crippen LogP contribution in [-0.4, -0.2) is 20.5 Å². The maximum atomic E-state index is 14.3. The van der Waals surface area contributed by atoms with Crippen molar-refractivity contribution in [3.8, 4) is 17.2 Å². The average molecular weight is 438 g/mol. The van der Waals surface area contributed by atoms with E-state index in [9.17, 15) is 12.8 Å². The van der Waals surface area contributed by atoms with Crippen molar-refractivity contribution in [3.63, 3.8) is 0 Å². The van der Waals surface area contributed by atoms with Crippen LogP contribution in [0.4, 0.5) is 16.0 Å². The van der Waals surface area contributed by atoms with Gasteiger partial charge in [0.15, 0.2) is 0 Å². The molecule has 3 aromatic carbocycles. The van der Waals surface area contributed by atoms with Gasteiger partial charge < -0.3 is 14.5 Å². The first-order valence-corrected chi connectivity index (χ1v) is 10.9. The summed E-state index contributed by atoms with van der Waals surface area (Å²) in [5, 5.41) is 2.60. The van der Waals surface area contributed by atoms with Crippen LogP contribution >= 0.6 is 0 Å². The van der Waals surface area contributed by atoms with E-state index in [1.54, 1.807) is 42.5 Å². The van der Waals surface area contributed by atoms with Crippen molar-refractivity contribution in [2.24, 2.45) is 0 Å². The lowest BCUT2D eigenvalue weighted by Crippen LogP contribution is -2.05. The second kappa shape index (κ2) is 8.23. The summed E-state index contributed by atoms with van der Waals surface area (Å²) in [4.78, 5) is 4.22. The van der Waals surface area contributed by atoms with Gasteiger partial charge in [-0.15, -0.1) is 0 Å². The zero-order valence-corrected chi connectivity index (χ0v) is 17.6. The van der Waals surface area contributed by atoms with Crippen LogP contribution in [0.3, 0.4) is 0 Å². The van der Waals surface area contributed by atoms with Crippen molar-refractivity contribution in [2.75, 3.05) is 12.4 Å². The number of sulfone groups is 1. The summed E-state index contributed by atoms with van der Waals surface area (Å²) in [5.74, 6) is -0.265. The molecule has 0 radical (unpaired) electrons. The Morgan fingerprint density at radius 3 is 2.45 bits per heavy atom. The van der Waals surface area contributed by atoms with Crippen molar-refractivity contribution in [1.82, 2.24) is 4.98 Å². The van der Waals surface area contributed by atoms with E-state index in [2.05, 4.69) is 10.3 Å². The van der Waals surface area contributed by atoms with Gasteiger partial charge in [-0.3, -0.25) is 0 Å². The lowest BCUT2D eigenvalue weighted by molar-refractivity contribution is 0.415. The molecule has 0 saturated heterocycles. The predicted molar refractivity (Wildman–Crippen MR) is 115 cm³/mol.